The molecule has 1 fully saturated rings. The molecule has 2 rings (SSSR count). The maximum Gasteiger partial charge on any atom is 0.0929 e. The molecular weight excluding hydrogens is 256 g/mol. The number of halogens is 1. The van der Waals surface area contributed by atoms with Crippen molar-refractivity contribution < 1.29 is 5.11 Å². The monoisotopic (exact) mass is 274 g/mol. The van der Waals surface area contributed by atoms with E-state index in [9.17, 15) is 5.11 Å². The van der Waals surface area contributed by atoms with Gasteiger partial charge in [0.1, 0.15) is 0 Å². The van der Waals surface area contributed by atoms with Gasteiger partial charge in [0.15, 0.2) is 0 Å². The molecule has 0 radical (unpaired) electrons. The van der Waals surface area contributed by atoms with Crippen molar-refractivity contribution in [2.24, 2.45) is 0 Å². The lowest BCUT2D eigenvalue weighted by molar-refractivity contribution is 0.0687. The van der Waals surface area contributed by atoms with Crippen molar-refractivity contribution in [2.75, 3.05) is 19.6 Å². The molecule has 1 aromatic rings. The first-order valence-corrected chi connectivity index (χ1v) is 7.44. The molecule has 5 heteroatoms. The first kappa shape index (κ1) is 13.3. The minimum atomic E-state index is -0.479. The van der Waals surface area contributed by atoms with Crippen LogP contribution in [-0.4, -0.2) is 40.2 Å². The maximum atomic E-state index is 9.85. The van der Waals surface area contributed by atoms with Crippen molar-refractivity contribution in [3.63, 3.8) is 0 Å². The van der Waals surface area contributed by atoms with Gasteiger partial charge in [-0.2, -0.15) is 0 Å². The number of β-amino-alcohol motifs (C(OH)–C–C–N with tert-alkyl or cyclic N) is 1. The number of aromatic nitrogens is 1. The summed E-state index contributed by atoms with van der Waals surface area (Å²) in [5.74, 6) is 0.505. The van der Waals surface area contributed by atoms with E-state index in [0.717, 1.165) is 44.6 Å². The van der Waals surface area contributed by atoms with E-state index in [4.69, 9.17) is 11.6 Å². The summed E-state index contributed by atoms with van der Waals surface area (Å²) in [6, 6.07) is 0. The van der Waals surface area contributed by atoms with Crippen LogP contribution in [0.25, 0.3) is 0 Å². The third-order valence-electron chi connectivity index (χ3n) is 3.13. The van der Waals surface area contributed by atoms with Crippen LogP contribution < -0.4 is 0 Å². The third-order valence-corrected chi connectivity index (χ3v) is 4.36. The highest BCUT2D eigenvalue weighted by atomic mass is 35.5. The first-order chi connectivity index (χ1) is 8.09. The number of hydrogen-bond donors (Lipinski definition) is 1. The molecule has 1 aromatic heterocycles. The van der Waals surface area contributed by atoms with Crippen molar-refractivity contribution in [2.45, 2.75) is 37.7 Å². The van der Waals surface area contributed by atoms with Gasteiger partial charge < -0.3 is 10.0 Å². The van der Waals surface area contributed by atoms with Gasteiger partial charge in [-0.1, -0.05) is 0 Å². The number of alkyl halides is 1. The standard InChI is InChI=1S/C12H19ClN2OS/c1-12(16)4-6-15(9-12)5-2-3-11-14-10(7-13)8-17-11/h8,16H,2-7,9H2,1H3. The van der Waals surface area contributed by atoms with Crippen molar-refractivity contribution >= 4 is 22.9 Å². The van der Waals surface area contributed by atoms with E-state index < -0.39 is 5.60 Å². The van der Waals surface area contributed by atoms with Crippen LogP contribution in [0.5, 0.6) is 0 Å². The fraction of sp³-hybridized carbons (Fsp3) is 0.750. The largest absolute Gasteiger partial charge is 0.389 e. The van der Waals surface area contributed by atoms with Crippen molar-refractivity contribution in [3.8, 4) is 0 Å². The number of hydrogen-bond acceptors (Lipinski definition) is 4. The van der Waals surface area contributed by atoms with Gasteiger partial charge in [0, 0.05) is 24.9 Å². The van der Waals surface area contributed by atoms with Gasteiger partial charge in [-0.3, -0.25) is 0 Å². The summed E-state index contributed by atoms with van der Waals surface area (Å²) in [7, 11) is 0. The Balaban J connectivity index is 1.69. The highest BCUT2D eigenvalue weighted by Crippen LogP contribution is 2.20. The van der Waals surface area contributed by atoms with Gasteiger partial charge in [0.05, 0.1) is 22.2 Å². The van der Waals surface area contributed by atoms with Gasteiger partial charge in [-0.15, -0.1) is 22.9 Å². The molecule has 0 saturated carbocycles. The molecule has 0 amide bonds. The molecule has 96 valence electrons. The summed E-state index contributed by atoms with van der Waals surface area (Å²) in [4.78, 5) is 6.77. The molecule has 1 aliphatic rings. The second-order valence-electron chi connectivity index (χ2n) is 4.99. The van der Waals surface area contributed by atoms with Gasteiger partial charge in [-0.05, 0) is 26.3 Å². The van der Waals surface area contributed by atoms with Crippen molar-refractivity contribution in [1.29, 1.82) is 0 Å². The van der Waals surface area contributed by atoms with Crippen LogP contribution in [0.2, 0.25) is 0 Å². The Morgan fingerprint density at radius 1 is 1.65 bits per heavy atom. The Labute approximate surface area is 111 Å². The molecule has 0 aliphatic carbocycles. The van der Waals surface area contributed by atoms with Crippen LogP contribution in [-0.2, 0) is 12.3 Å². The first-order valence-electron chi connectivity index (χ1n) is 6.03. The van der Waals surface area contributed by atoms with Crippen LogP contribution in [0.4, 0.5) is 0 Å². The lowest BCUT2D eigenvalue weighted by Crippen LogP contribution is -2.30. The summed E-state index contributed by atoms with van der Waals surface area (Å²) in [6.07, 6.45) is 3.01. The number of aliphatic hydroxyl groups is 1. The molecule has 0 spiro atoms. The van der Waals surface area contributed by atoms with E-state index in [-0.39, 0.29) is 0 Å². The number of nitrogens with zero attached hydrogens (tertiary/aromatic N) is 2. The molecule has 1 atom stereocenters. The molecule has 0 bridgehead atoms. The molecule has 17 heavy (non-hydrogen) atoms. The summed E-state index contributed by atoms with van der Waals surface area (Å²) in [6.45, 7) is 4.78. The topological polar surface area (TPSA) is 36.4 Å². The average molecular weight is 275 g/mol. The third kappa shape index (κ3) is 3.91. The van der Waals surface area contributed by atoms with E-state index in [1.807, 2.05) is 12.3 Å². The van der Waals surface area contributed by atoms with Crippen LogP contribution in [0.3, 0.4) is 0 Å². The molecule has 1 N–H and O–H groups in total. The normalized spacial score (nSPS) is 25.6. The van der Waals surface area contributed by atoms with Gasteiger partial charge in [0.2, 0.25) is 0 Å². The lowest BCUT2D eigenvalue weighted by atomic mass is 10.1. The zero-order chi connectivity index (χ0) is 12.3. The number of likely N-dealkylation sites (tertiary alicyclic amines) is 1. The average Bonchev–Trinajstić information content (AvgIpc) is 2.85. The number of rotatable bonds is 5. The predicted molar refractivity (Wildman–Crippen MR) is 71.7 cm³/mol. The zero-order valence-electron chi connectivity index (χ0n) is 10.2. The summed E-state index contributed by atoms with van der Waals surface area (Å²) < 4.78 is 0. The highest BCUT2D eigenvalue weighted by Gasteiger charge is 2.30. The summed E-state index contributed by atoms with van der Waals surface area (Å²) >= 11 is 7.41. The molecule has 2 heterocycles. The van der Waals surface area contributed by atoms with Gasteiger partial charge in [0.25, 0.3) is 0 Å². The van der Waals surface area contributed by atoms with Crippen LogP contribution in [0, 0.1) is 0 Å². The Kier molecular flexibility index (Phi) is 4.42. The Morgan fingerprint density at radius 2 is 2.47 bits per heavy atom. The SMILES string of the molecule is CC1(O)CCN(CCCc2nc(CCl)cs2)C1. The van der Waals surface area contributed by atoms with E-state index in [1.165, 1.54) is 5.01 Å². The van der Waals surface area contributed by atoms with Crippen molar-refractivity contribution in [1.82, 2.24) is 9.88 Å². The fourth-order valence-corrected chi connectivity index (χ4v) is 3.28. The zero-order valence-corrected chi connectivity index (χ0v) is 11.7. The van der Waals surface area contributed by atoms with E-state index >= 15 is 0 Å². The molecule has 1 saturated heterocycles. The minimum Gasteiger partial charge on any atom is -0.389 e. The van der Waals surface area contributed by atoms with Crippen molar-refractivity contribution in [3.05, 3.63) is 16.1 Å². The van der Waals surface area contributed by atoms with E-state index in [0.29, 0.717) is 5.88 Å². The van der Waals surface area contributed by atoms with E-state index in [2.05, 4.69) is 9.88 Å². The molecular formula is C12H19ClN2OS. The highest BCUT2D eigenvalue weighted by molar-refractivity contribution is 7.09. The fourth-order valence-electron chi connectivity index (χ4n) is 2.21. The molecule has 1 aliphatic heterocycles. The summed E-state index contributed by atoms with van der Waals surface area (Å²) in [5, 5.41) is 13.1. The minimum absolute atomic E-state index is 0.479. The van der Waals surface area contributed by atoms with Gasteiger partial charge in [-0.25, -0.2) is 4.98 Å². The number of thiazole rings is 1. The Hall–Kier alpha value is -0.160. The van der Waals surface area contributed by atoms with Crippen LogP contribution in [0.1, 0.15) is 30.5 Å². The van der Waals surface area contributed by atoms with Crippen LogP contribution >= 0.6 is 22.9 Å². The quantitative estimate of drug-likeness (QED) is 0.837. The van der Waals surface area contributed by atoms with E-state index in [1.54, 1.807) is 11.3 Å². The smallest absolute Gasteiger partial charge is 0.0929 e. The predicted octanol–water partition coefficient (Wildman–Crippen LogP) is 2.27. The second kappa shape index (κ2) is 5.65. The number of aryl methyl sites for hydroxylation is 1. The summed E-state index contributed by atoms with van der Waals surface area (Å²) in [5.41, 5.74) is 0.503. The van der Waals surface area contributed by atoms with Crippen LogP contribution in [0.15, 0.2) is 5.38 Å². The molecule has 1 unspecified atom stereocenters. The maximum absolute atomic E-state index is 9.85. The molecule has 3 nitrogen and oxygen atoms in total. The van der Waals surface area contributed by atoms with Gasteiger partial charge >= 0.3 is 0 Å². The Bertz CT molecular complexity index is 367. The second-order valence-corrected chi connectivity index (χ2v) is 6.20. The molecule has 0 aromatic carbocycles. The Morgan fingerprint density at radius 3 is 3.06 bits per heavy atom. The lowest BCUT2D eigenvalue weighted by Gasteiger charge is -2.18.